The van der Waals surface area contributed by atoms with Gasteiger partial charge in [0.25, 0.3) is 5.91 Å². The van der Waals surface area contributed by atoms with Crippen molar-refractivity contribution in [2.75, 3.05) is 17.2 Å². The molecule has 142 valence electrons. The van der Waals surface area contributed by atoms with Gasteiger partial charge in [0.15, 0.2) is 0 Å². The summed E-state index contributed by atoms with van der Waals surface area (Å²) in [5.41, 5.74) is 2.18. The van der Waals surface area contributed by atoms with Gasteiger partial charge < -0.3 is 15.4 Å². The molecule has 28 heavy (non-hydrogen) atoms. The van der Waals surface area contributed by atoms with Gasteiger partial charge in [-0.05, 0) is 42.8 Å². The van der Waals surface area contributed by atoms with E-state index in [1.165, 1.54) is 6.33 Å². The lowest BCUT2D eigenvalue weighted by atomic mass is 10.2. The third kappa shape index (κ3) is 5.10. The van der Waals surface area contributed by atoms with E-state index >= 15 is 0 Å². The second kappa shape index (κ2) is 9.22. The van der Waals surface area contributed by atoms with Crippen molar-refractivity contribution in [2.24, 2.45) is 0 Å². The predicted molar refractivity (Wildman–Crippen MR) is 104 cm³/mol. The number of benzene rings is 1. The quantitative estimate of drug-likeness (QED) is 0.610. The van der Waals surface area contributed by atoms with Crippen LogP contribution in [-0.4, -0.2) is 33.4 Å². The maximum atomic E-state index is 12.4. The van der Waals surface area contributed by atoms with Gasteiger partial charge in [-0.25, -0.2) is 14.8 Å². The minimum atomic E-state index is -0.402. The van der Waals surface area contributed by atoms with Crippen LogP contribution in [0.2, 0.25) is 0 Å². The first-order valence-corrected chi connectivity index (χ1v) is 8.69. The molecule has 2 aromatic heterocycles. The van der Waals surface area contributed by atoms with E-state index in [0.717, 1.165) is 5.56 Å². The Morgan fingerprint density at radius 2 is 1.93 bits per heavy atom. The molecule has 8 heteroatoms. The minimum Gasteiger partial charge on any atom is -0.462 e. The van der Waals surface area contributed by atoms with E-state index < -0.39 is 5.97 Å². The summed E-state index contributed by atoms with van der Waals surface area (Å²) in [5.74, 6) is -0.252. The number of esters is 1. The molecule has 1 aromatic carbocycles. The number of nitrogens with one attached hydrogen (secondary N) is 2. The molecule has 0 saturated heterocycles. The van der Waals surface area contributed by atoms with Gasteiger partial charge in [0.1, 0.15) is 17.8 Å². The third-order valence-corrected chi connectivity index (χ3v) is 3.75. The van der Waals surface area contributed by atoms with Crippen molar-refractivity contribution in [3.05, 3.63) is 78.0 Å². The maximum Gasteiger partial charge on any atom is 0.338 e. The molecule has 0 aliphatic carbocycles. The lowest BCUT2D eigenvalue weighted by Gasteiger charge is -2.08. The lowest BCUT2D eigenvalue weighted by molar-refractivity contribution is 0.0526. The smallest absolute Gasteiger partial charge is 0.338 e. The fourth-order valence-corrected chi connectivity index (χ4v) is 2.37. The maximum absolute atomic E-state index is 12.4. The molecule has 8 nitrogen and oxygen atoms in total. The summed E-state index contributed by atoms with van der Waals surface area (Å²) in [6.07, 6.45) is 4.78. The number of rotatable bonds is 7. The van der Waals surface area contributed by atoms with Crippen molar-refractivity contribution in [1.29, 1.82) is 0 Å². The summed E-state index contributed by atoms with van der Waals surface area (Å²) in [7, 11) is 0. The van der Waals surface area contributed by atoms with Crippen molar-refractivity contribution < 1.29 is 14.3 Å². The topological polar surface area (TPSA) is 106 Å². The normalized spacial score (nSPS) is 10.2. The predicted octanol–water partition coefficient (Wildman–Crippen LogP) is 2.91. The van der Waals surface area contributed by atoms with E-state index in [9.17, 15) is 9.59 Å². The van der Waals surface area contributed by atoms with Crippen LogP contribution in [0.3, 0.4) is 0 Å². The van der Waals surface area contributed by atoms with Crippen molar-refractivity contribution in [3.8, 4) is 0 Å². The molecule has 3 aromatic rings. The van der Waals surface area contributed by atoms with Crippen LogP contribution in [0.4, 0.5) is 11.5 Å². The number of ether oxygens (including phenoxy) is 1. The van der Waals surface area contributed by atoms with Crippen molar-refractivity contribution in [2.45, 2.75) is 13.5 Å². The number of aromatic nitrogens is 3. The van der Waals surface area contributed by atoms with Crippen molar-refractivity contribution in [3.63, 3.8) is 0 Å². The average molecular weight is 377 g/mol. The zero-order chi connectivity index (χ0) is 19.8. The highest BCUT2D eigenvalue weighted by Crippen LogP contribution is 2.13. The van der Waals surface area contributed by atoms with E-state index in [4.69, 9.17) is 4.74 Å². The summed E-state index contributed by atoms with van der Waals surface area (Å²) < 4.78 is 4.93. The Labute approximate surface area is 162 Å². The highest BCUT2D eigenvalue weighted by molar-refractivity contribution is 6.03. The Morgan fingerprint density at radius 1 is 1.11 bits per heavy atom. The Kier molecular flexibility index (Phi) is 6.25. The van der Waals surface area contributed by atoms with Crippen LogP contribution in [0.1, 0.15) is 33.3 Å². The van der Waals surface area contributed by atoms with E-state index in [2.05, 4.69) is 25.6 Å². The Bertz CT molecular complexity index is 946. The summed E-state index contributed by atoms with van der Waals surface area (Å²) in [6.45, 7) is 2.58. The Morgan fingerprint density at radius 3 is 2.64 bits per heavy atom. The molecule has 1 amide bonds. The van der Waals surface area contributed by atoms with Gasteiger partial charge in [-0.3, -0.25) is 9.78 Å². The zero-order valence-corrected chi connectivity index (χ0v) is 15.3. The Hall–Kier alpha value is -3.81. The molecule has 0 spiro atoms. The number of hydrogen-bond donors (Lipinski definition) is 2. The number of carbonyl (C=O) groups is 2. The highest BCUT2D eigenvalue weighted by Gasteiger charge is 2.11. The Balaban J connectivity index is 1.62. The molecular formula is C20H19N5O3. The summed E-state index contributed by atoms with van der Waals surface area (Å²) in [6, 6.07) is 11.8. The fourth-order valence-electron chi connectivity index (χ4n) is 2.37. The number of anilines is 2. The van der Waals surface area contributed by atoms with Gasteiger partial charge in [0, 0.05) is 30.7 Å². The average Bonchev–Trinajstić information content (AvgIpc) is 2.74. The first-order valence-electron chi connectivity index (χ1n) is 8.69. The van der Waals surface area contributed by atoms with Gasteiger partial charge >= 0.3 is 5.97 Å². The molecule has 0 radical (unpaired) electrons. The molecule has 0 atom stereocenters. The molecule has 2 heterocycles. The molecule has 3 rings (SSSR count). The second-order valence-electron chi connectivity index (χ2n) is 5.76. The number of amides is 1. The van der Waals surface area contributed by atoms with E-state index in [1.54, 1.807) is 49.6 Å². The molecule has 0 aliphatic heterocycles. The van der Waals surface area contributed by atoms with E-state index in [1.807, 2.05) is 12.1 Å². The van der Waals surface area contributed by atoms with Gasteiger partial charge in [-0.2, -0.15) is 0 Å². The fraction of sp³-hybridized carbons (Fsp3) is 0.150. The number of pyridine rings is 1. The van der Waals surface area contributed by atoms with Gasteiger partial charge in [-0.15, -0.1) is 0 Å². The standard InChI is InChI=1S/C20H19N5O3/c1-2-28-20(27)15-5-7-16(8-6-15)25-19(26)17-10-18(24-13-23-17)22-12-14-4-3-9-21-11-14/h3-11,13H,2,12H2,1H3,(H,25,26)(H,22,23,24). The molecule has 0 unspecified atom stereocenters. The zero-order valence-electron chi connectivity index (χ0n) is 15.3. The van der Waals surface area contributed by atoms with Gasteiger partial charge in [0.05, 0.1) is 12.2 Å². The monoisotopic (exact) mass is 377 g/mol. The number of carbonyl (C=O) groups excluding carboxylic acids is 2. The molecule has 0 aliphatic rings. The molecule has 2 N–H and O–H groups in total. The summed E-state index contributed by atoms with van der Waals surface area (Å²) in [5, 5.41) is 5.87. The number of hydrogen-bond acceptors (Lipinski definition) is 7. The lowest BCUT2D eigenvalue weighted by Crippen LogP contribution is -2.15. The molecule has 0 saturated carbocycles. The minimum absolute atomic E-state index is 0.221. The van der Waals surface area contributed by atoms with Crippen LogP contribution in [0, 0.1) is 0 Å². The second-order valence-corrected chi connectivity index (χ2v) is 5.76. The highest BCUT2D eigenvalue weighted by atomic mass is 16.5. The van der Waals surface area contributed by atoms with Gasteiger partial charge in [-0.1, -0.05) is 6.07 Å². The van der Waals surface area contributed by atoms with Crippen molar-refractivity contribution in [1.82, 2.24) is 15.0 Å². The summed E-state index contributed by atoms with van der Waals surface area (Å²) >= 11 is 0. The van der Waals surface area contributed by atoms with Gasteiger partial charge in [0.2, 0.25) is 0 Å². The van der Waals surface area contributed by atoms with Crippen LogP contribution in [0.25, 0.3) is 0 Å². The SMILES string of the molecule is CCOC(=O)c1ccc(NC(=O)c2cc(NCc3cccnc3)ncn2)cc1. The van der Waals surface area contributed by atoms with Crippen LogP contribution in [0.5, 0.6) is 0 Å². The van der Waals surface area contributed by atoms with Crippen molar-refractivity contribution >= 4 is 23.4 Å². The van der Waals surface area contributed by atoms with Crippen LogP contribution in [-0.2, 0) is 11.3 Å². The largest absolute Gasteiger partial charge is 0.462 e. The van der Waals surface area contributed by atoms with Crippen LogP contribution >= 0.6 is 0 Å². The van der Waals surface area contributed by atoms with E-state index in [0.29, 0.717) is 30.2 Å². The van der Waals surface area contributed by atoms with Crippen LogP contribution in [0.15, 0.2) is 61.2 Å². The molecule has 0 bridgehead atoms. The first kappa shape index (κ1) is 19.0. The number of nitrogens with zero attached hydrogens (tertiary/aromatic N) is 3. The third-order valence-electron chi connectivity index (χ3n) is 3.75. The molecular weight excluding hydrogens is 358 g/mol. The summed E-state index contributed by atoms with van der Waals surface area (Å²) in [4.78, 5) is 36.3. The van der Waals surface area contributed by atoms with Crippen LogP contribution < -0.4 is 10.6 Å². The molecule has 0 fully saturated rings. The van der Waals surface area contributed by atoms with E-state index in [-0.39, 0.29) is 11.6 Å². The first-order chi connectivity index (χ1) is 13.7.